The van der Waals surface area contributed by atoms with Crippen LogP contribution in [-0.2, 0) is 28.7 Å². The second-order valence-electron chi connectivity index (χ2n) is 6.80. The number of carbonyl (C=O) groups excluding carboxylic acids is 3. The van der Waals surface area contributed by atoms with Gasteiger partial charge < -0.3 is 19.9 Å². The zero-order valence-electron chi connectivity index (χ0n) is 16.9. The molecule has 2 aliphatic rings. The monoisotopic (exact) mass is 490 g/mol. The average Bonchev–Trinajstić information content (AvgIpc) is 2.76. The molecule has 2 heterocycles. The molecule has 1 fully saturated rings. The van der Waals surface area contributed by atoms with Crippen molar-refractivity contribution in [3.8, 4) is 0 Å². The molecule has 0 bridgehead atoms. The van der Waals surface area contributed by atoms with Gasteiger partial charge >= 0.3 is 41.5 Å². The van der Waals surface area contributed by atoms with Crippen LogP contribution in [0, 0.1) is 0 Å². The number of carboxylic acid groups (broad SMARTS) is 1. The first-order valence-corrected chi connectivity index (χ1v) is 11.4. The molecule has 0 aromatic heterocycles. The minimum absolute atomic E-state index is 0. The van der Waals surface area contributed by atoms with Crippen molar-refractivity contribution in [2.45, 2.75) is 23.6 Å². The van der Waals surface area contributed by atoms with Crippen molar-refractivity contribution in [3.63, 3.8) is 0 Å². The van der Waals surface area contributed by atoms with Gasteiger partial charge in [0, 0.05) is 25.4 Å². The molecule has 0 saturated carbocycles. The number of fused-ring (bicyclic) bond motifs is 1. The maximum absolute atomic E-state index is 13.0. The quantitative estimate of drug-likeness (QED) is 0.223. The van der Waals surface area contributed by atoms with Crippen molar-refractivity contribution >= 4 is 76.8 Å². The molecule has 2 unspecified atom stereocenters. The summed E-state index contributed by atoms with van der Waals surface area (Å²) in [6.45, 7) is 1.03. The van der Waals surface area contributed by atoms with E-state index < -0.39 is 34.5 Å². The molecule has 2 amide bonds. The Bertz CT molecular complexity index is 912. The normalized spacial score (nSPS) is 20.4. The van der Waals surface area contributed by atoms with Crippen LogP contribution in [0.4, 0.5) is 0 Å². The Kier molecular flexibility index (Phi) is 10.1. The predicted octanol–water partition coefficient (Wildman–Crippen LogP) is 0.718. The molecule has 12 heteroatoms. The summed E-state index contributed by atoms with van der Waals surface area (Å²) < 4.78 is 10.0. The Balaban J connectivity index is 0.00000363. The van der Waals surface area contributed by atoms with Gasteiger partial charge in [0.1, 0.15) is 29.0 Å². The van der Waals surface area contributed by atoms with Crippen molar-refractivity contribution in [3.05, 3.63) is 47.2 Å². The Labute approximate surface area is 215 Å². The van der Waals surface area contributed by atoms with E-state index in [1.807, 2.05) is 30.3 Å². The van der Waals surface area contributed by atoms with Crippen molar-refractivity contribution in [2.75, 3.05) is 25.4 Å². The van der Waals surface area contributed by atoms with E-state index in [-0.39, 0.29) is 53.5 Å². The van der Waals surface area contributed by atoms with Crippen LogP contribution in [0.5, 0.6) is 0 Å². The summed E-state index contributed by atoms with van der Waals surface area (Å²) in [6.07, 6.45) is 0. The van der Waals surface area contributed by atoms with Crippen molar-refractivity contribution in [1.82, 2.24) is 10.2 Å². The molecule has 168 valence electrons. The molecule has 1 aromatic rings. The van der Waals surface area contributed by atoms with E-state index in [1.54, 1.807) is 0 Å². The number of carbonyl (C=O) groups is 4. The number of β-lactam (4-membered cyclic amide) rings is 1. The molecule has 2 N–H and O–H groups in total. The fourth-order valence-corrected chi connectivity index (χ4v) is 5.47. The molecule has 2 aliphatic heterocycles. The van der Waals surface area contributed by atoms with Gasteiger partial charge in [-0.25, -0.2) is 4.79 Å². The second-order valence-corrected chi connectivity index (χ2v) is 8.94. The molecule has 3 rings (SSSR count). The van der Waals surface area contributed by atoms with Gasteiger partial charge in [-0.05, 0) is 5.56 Å². The van der Waals surface area contributed by atoms with E-state index in [2.05, 4.69) is 5.32 Å². The molecule has 1 saturated heterocycles. The molecule has 3 atom stereocenters. The van der Waals surface area contributed by atoms with Crippen LogP contribution in [0.3, 0.4) is 0 Å². The number of hydrogen-bond donors (Lipinski definition) is 2. The third-order valence-electron chi connectivity index (χ3n) is 4.69. The van der Waals surface area contributed by atoms with Crippen LogP contribution in [0.15, 0.2) is 41.6 Å². The summed E-state index contributed by atoms with van der Waals surface area (Å²) in [5.41, 5.74) is 0.936. The molecule has 0 radical (unpaired) electrons. The van der Waals surface area contributed by atoms with Gasteiger partial charge in [0.15, 0.2) is 0 Å². The van der Waals surface area contributed by atoms with Crippen LogP contribution < -0.4 is 5.32 Å². The molecular weight excluding hydrogens is 467 g/mol. The number of thioether (sulfide) groups is 2. The molecule has 1 aromatic carbocycles. The number of ether oxygens (including phenoxy) is 2. The van der Waals surface area contributed by atoms with Crippen LogP contribution >= 0.6 is 23.5 Å². The summed E-state index contributed by atoms with van der Waals surface area (Å²) in [6, 6.07) is 8.30. The van der Waals surface area contributed by atoms with Gasteiger partial charge in [-0.1, -0.05) is 30.3 Å². The number of nitrogens with zero attached hydrogens (tertiary/aromatic N) is 1. The third-order valence-corrected chi connectivity index (χ3v) is 7.22. The van der Waals surface area contributed by atoms with E-state index in [4.69, 9.17) is 9.47 Å². The first kappa shape index (κ1) is 26.7. The number of aliphatic carboxylic acids is 1. The zero-order chi connectivity index (χ0) is 22.5. The second kappa shape index (κ2) is 12.1. The molecule has 0 aliphatic carbocycles. The SMILES string of the molecule is COCSC(C(=O)N[C@H]1C(=O)N2C(C(=O)O)=C(COC(C)=O)CSC12)c1ccccc1.[NaH]. The summed E-state index contributed by atoms with van der Waals surface area (Å²) in [5, 5.41) is 11.3. The van der Waals surface area contributed by atoms with E-state index in [0.29, 0.717) is 11.5 Å². The van der Waals surface area contributed by atoms with E-state index in [0.717, 1.165) is 10.5 Å². The Morgan fingerprint density at radius 2 is 2.00 bits per heavy atom. The predicted molar refractivity (Wildman–Crippen MR) is 122 cm³/mol. The number of nitrogens with one attached hydrogen (secondary N) is 1. The third kappa shape index (κ3) is 5.89. The molecule has 32 heavy (non-hydrogen) atoms. The number of hydrogen-bond acceptors (Lipinski definition) is 8. The van der Waals surface area contributed by atoms with Crippen molar-refractivity contribution < 1.29 is 33.8 Å². The van der Waals surface area contributed by atoms with Crippen molar-refractivity contribution in [2.24, 2.45) is 0 Å². The fraction of sp³-hybridized carbons (Fsp3) is 0.400. The Morgan fingerprint density at radius 3 is 2.59 bits per heavy atom. The number of esters is 1. The molecular formula is C20H23N2NaO7S2. The first-order valence-electron chi connectivity index (χ1n) is 9.34. The van der Waals surface area contributed by atoms with E-state index in [9.17, 15) is 24.3 Å². The topological polar surface area (TPSA) is 122 Å². The van der Waals surface area contributed by atoms with Gasteiger partial charge in [0.25, 0.3) is 5.91 Å². The van der Waals surface area contributed by atoms with Gasteiger partial charge in [0.05, 0.1) is 5.94 Å². The molecule has 0 spiro atoms. The maximum atomic E-state index is 13.0. The Hall–Kier alpha value is -1.50. The number of carboxylic acids is 1. The van der Waals surface area contributed by atoms with Gasteiger partial charge in [-0.2, -0.15) is 0 Å². The summed E-state index contributed by atoms with van der Waals surface area (Å²) >= 11 is 2.61. The molecule has 9 nitrogen and oxygen atoms in total. The summed E-state index contributed by atoms with van der Waals surface area (Å²) in [5.74, 6) is -2.10. The Morgan fingerprint density at radius 1 is 1.31 bits per heavy atom. The van der Waals surface area contributed by atoms with Crippen molar-refractivity contribution in [1.29, 1.82) is 0 Å². The van der Waals surface area contributed by atoms with Gasteiger partial charge in [-0.15, -0.1) is 23.5 Å². The average molecular weight is 491 g/mol. The first-order chi connectivity index (χ1) is 14.8. The van der Waals surface area contributed by atoms with E-state index in [1.165, 1.54) is 37.6 Å². The number of rotatable bonds is 9. The van der Waals surface area contributed by atoms with Crippen LogP contribution in [0.25, 0.3) is 0 Å². The van der Waals surface area contributed by atoms with E-state index >= 15 is 0 Å². The van der Waals surface area contributed by atoms with Crippen LogP contribution in [0.1, 0.15) is 17.7 Å². The number of methoxy groups -OCH3 is 1. The standard InChI is InChI=1S/C20H22N2O7S2.Na.H/c1-11(23)29-8-13-9-30-19-14(18(25)22(19)15(13)20(26)27)21-17(24)16(31-10-28-2)12-6-4-3-5-7-12;;/h3-7,14,16,19H,8-10H2,1-2H3,(H,21,24)(H,26,27);;/t14-,16?,19?;;/m0../s1. The van der Waals surface area contributed by atoms with Gasteiger partial charge in [0.2, 0.25) is 5.91 Å². The van der Waals surface area contributed by atoms with Crippen LogP contribution in [0.2, 0.25) is 0 Å². The minimum atomic E-state index is -1.27. The zero-order valence-corrected chi connectivity index (χ0v) is 18.5. The van der Waals surface area contributed by atoms with Gasteiger partial charge in [-0.3, -0.25) is 19.3 Å². The fourth-order valence-electron chi connectivity index (χ4n) is 3.30. The number of benzene rings is 1. The summed E-state index contributed by atoms with van der Waals surface area (Å²) in [7, 11) is 1.53. The van der Waals surface area contributed by atoms with Crippen LogP contribution in [-0.4, -0.2) is 100 Å². The number of amides is 2. The summed E-state index contributed by atoms with van der Waals surface area (Å²) in [4.78, 5) is 49.8.